The molecule has 7 heteroatoms. The summed E-state index contributed by atoms with van der Waals surface area (Å²) in [6, 6.07) is 3.71. The van der Waals surface area contributed by atoms with E-state index in [1.807, 2.05) is 6.92 Å². The molecule has 1 amide bonds. The molecule has 5 nitrogen and oxygen atoms in total. The zero-order chi connectivity index (χ0) is 14.7. The minimum Gasteiger partial charge on any atom is -0.395 e. The van der Waals surface area contributed by atoms with Gasteiger partial charge in [0.15, 0.2) is 5.69 Å². The van der Waals surface area contributed by atoms with Crippen LogP contribution in [0.25, 0.3) is 0 Å². The maximum Gasteiger partial charge on any atom is 0.278 e. The minimum atomic E-state index is -0.534. The zero-order valence-corrected chi connectivity index (χ0v) is 11.6. The number of hydrogen-bond donors (Lipinski definition) is 3. The number of benzene rings is 1. The Bertz CT molecular complexity index is 641. The van der Waals surface area contributed by atoms with Crippen molar-refractivity contribution in [2.75, 3.05) is 11.1 Å². The second-order valence-electron chi connectivity index (χ2n) is 4.29. The molecule has 0 aliphatic carbocycles. The van der Waals surface area contributed by atoms with E-state index in [0.717, 1.165) is 12.5 Å². The van der Waals surface area contributed by atoms with Gasteiger partial charge in [-0.05, 0) is 24.6 Å². The Hall–Kier alpha value is -2.08. The number of rotatable bonds is 4. The Labute approximate surface area is 120 Å². The van der Waals surface area contributed by atoms with Gasteiger partial charge >= 0.3 is 0 Å². The van der Waals surface area contributed by atoms with E-state index >= 15 is 0 Å². The van der Waals surface area contributed by atoms with Crippen LogP contribution in [0.15, 0.2) is 18.2 Å². The third-order valence-corrected chi connectivity index (χ3v) is 3.10. The molecular formula is C13H14ClFN4O. The van der Waals surface area contributed by atoms with Gasteiger partial charge < -0.3 is 11.1 Å². The first kappa shape index (κ1) is 14.3. The van der Waals surface area contributed by atoms with E-state index in [9.17, 15) is 9.18 Å². The number of H-pyrrole nitrogens is 1. The summed E-state index contributed by atoms with van der Waals surface area (Å²) >= 11 is 5.88. The summed E-state index contributed by atoms with van der Waals surface area (Å²) < 4.78 is 13.1. The summed E-state index contributed by atoms with van der Waals surface area (Å²) in [6.45, 7) is 1.99. The number of carbonyl (C=O) groups is 1. The van der Waals surface area contributed by atoms with Gasteiger partial charge in [-0.3, -0.25) is 9.89 Å². The number of nitrogens with zero attached hydrogens (tertiary/aromatic N) is 1. The van der Waals surface area contributed by atoms with Gasteiger partial charge in [-0.1, -0.05) is 24.9 Å². The maximum atomic E-state index is 13.1. The van der Waals surface area contributed by atoms with Gasteiger partial charge in [0.1, 0.15) is 5.82 Å². The predicted octanol–water partition coefficient (Wildman–Crippen LogP) is 2.99. The lowest BCUT2D eigenvalue weighted by atomic mass is 10.2. The number of carbonyl (C=O) groups excluding carboxylic acids is 1. The van der Waals surface area contributed by atoms with E-state index in [-0.39, 0.29) is 16.4 Å². The lowest BCUT2D eigenvalue weighted by Gasteiger charge is -2.06. The number of halogens is 2. The van der Waals surface area contributed by atoms with Crippen LogP contribution in [0.2, 0.25) is 5.02 Å². The molecule has 2 aromatic rings. The first-order valence-corrected chi connectivity index (χ1v) is 6.49. The van der Waals surface area contributed by atoms with Gasteiger partial charge in [0.25, 0.3) is 5.91 Å². The van der Waals surface area contributed by atoms with E-state index in [2.05, 4.69) is 15.5 Å². The molecule has 20 heavy (non-hydrogen) atoms. The highest BCUT2D eigenvalue weighted by Gasteiger charge is 2.18. The molecule has 0 aliphatic heterocycles. The topological polar surface area (TPSA) is 83.8 Å². The van der Waals surface area contributed by atoms with Crippen molar-refractivity contribution in [3.8, 4) is 0 Å². The number of nitrogens with two attached hydrogens (primary N) is 1. The third-order valence-electron chi connectivity index (χ3n) is 2.77. The summed E-state index contributed by atoms with van der Waals surface area (Å²) in [4.78, 5) is 12.1. The second kappa shape index (κ2) is 5.92. The quantitative estimate of drug-likeness (QED) is 0.811. The molecule has 0 unspecified atom stereocenters. The zero-order valence-electron chi connectivity index (χ0n) is 10.8. The lowest BCUT2D eigenvalue weighted by molar-refractivity contribution is 0.102. The molecular weight excluding hydrogens is 283 g/mol. The Morgan fingerprint density at radius 3 is 3.00 bits per heavy atom. The molecule has 0 saturated heterocycles. The molecule has 106 valence electrons. The van der Waals surface area contributed by atoms with Crippen molar-refractivity contribution in [3.05, 3.63) is 40.4 Å². The highest BCUT2D eigenvalue weighted by molar-refractivity contribution is 6.33. The van der Waals surface area contributed by atoms with Crippen molar-refractivity contribution in [1.82, 2.24) is 10.2 Å². The number of hydrogen-bond acceptors (Lipinski definition) is 3. The van der Waals surface area contributed by atoms with E-state index in [0.29, 0.717) is 17.8 Å². The normalized spacial score (nSPS) is 10.6. The van der Waals surface area contributed by atoms with E-state index in [1.54, 1.807) is 0 Å². The molecule has 0 bridgehead atoms. The first-order chi connectivity index (χ1) is 9.52. The summed E-state index contributed by atoms with van der Waals surface area (Å²) in [7, 11) is 0. The molecule has 0 radical (unpaired) electrons. The van der Waals surface area contributed by atoms with Crippen molar-refractivity contribution in [2.24, 2.45) is 0 Å². The van der Waals surface area contributed by atoms with Crippen LogP contribution in [0.3, 0.4) is 0 Å². The maximum absolute atomic E-state index is 13.1. The van der Waals surface area contributed by atoms with Gasteiger partial charge in [-0.25, -0.2) is 4.39 Å². The van der Waals surface area contributed by atoms with Gasteiger partial charge in [0.2, 0.25) is 0 Å². The summed E-state index contributed by atoms with van der Waals surface area (Å²) in [5, 5.41) is 9.34. The van der Waals surface area contributed by atoms with Crippen molar-refractivity contribution < 1.29 is 9.18 Å². The van der Waals surface area contributed by atoms with Gasteiger partial charge in [0.05, 0.1) is 22.1 Å². The van der Waals surface area contributed by atoms with E-state index in [4.69, 9.17) is 17.3 Å². The average Bonchev–Trinajstić information content (AvgIpc) is 2.76. The van der Waals surface area contributed by atoms with Crippen molar-refractivity contribution in [1.29, 1.82) is 0 Å². The van der Waals surface area contributed by atoms with Gasteiger partial charge in [-0.15, -0.1) is 0 Å². The Balaban J connectivity index is 2.22. The summed E-state index contributed by atoms with van der Waals surface area (Å²) in [6.07, 6.45) is 1.58. The van der Waals surface area contributed by atoms with Gasteiger partial charge in [-0.2, -0.15) is 5.10 Å². The number of anilines is 2. The lowest BCUT2D eigenvalue weighted by Crippen LogP contribution is -2.14. The van der Waals surface area contributed by atoms with Crippen LogP contribution in [-0.2, 0) is 6.42 Å². The van der Waals surface area contributed by atoms with E-state index in [1.165, 1.54) is 12.1 Å². The van der Waals surface area contributed by atoms with Crippen LogP contribution in [0.4, 0.5) is 15.8 Å². The molecule has 0 atom stereocenters. The molecule has 1 heterocycles. The molecule has 0 aliphatic rings. The number of amides is 1. The van der Waals surface area contributed by atoms with Crippen molar-refractivity contribution in [3.63, 3.8) is 0 Å². The molecule has 0 fully saturated rings. The second-order valence-corrected chi connectivity index (χ2v) is 4.70. The molecule has 1 aromatic heterocycles. The Morgan fingerprint density at radius 2 is 2.30 bits per heavy atom. The molecule has 0 spiro atoms. The Morgan fingerprint density at radius 1 is 1.55 bits per heavy atom. The van der Waals surface area contributed by atoms with Crippen LogP contribution < -0.4 is 11.1 Å². The van der Waals surface area contributed by atoms with Crippen molar-refractivity contribution in [2.45, 2.75) is 19.8 Å². The fourth-order valence-electron chi connectivity index (χ4n) is 1.78. The first-order valence-electron chi connectivity index (χ1n) is 6.12. The monoisotopic (exact) mass is 296 g/mol. The summed E-state index contributed by atoms with van der Waals surface area (Å²) in [5.41, 5.74) is 7.12. The molecule has 1 aromatic carbocycles. The number of aromatic amines is 1. The third kappa shape index (κ3) is 2.91. The van der Waals surface area contributed by atoms with Crippen LogP contribution in [0, 0.1) is 5.82 Å². The molecule has 4 N–H and O–H groups in total. The van der Waals surface area contributed by atoms with Crippen LogP contribution in [0.1, 0.15) is 29.5 Å². The number of aryl methyl sites for hydroxylation is 1. The smallest absolute Gasteiger partial charge is 0.278 e. The highest BCUT2D eigenvalue weighted by Crippen LogP contribution is 2.24. The molecule has 2 rings (SSSR count). The highest BCUT2D eigenvalue weighted by atomic mass is 35.5. The van der Waals surface area contributed by atoms with Crippen LogP contribution in [-0.4, -0.2) is 16.1 Å². The Kier molecular flexibility index (Phi) is 4.24. The number of nitrogens with one attached hydrogen (secondary N) is 2. The van der Waals surface area contributed by atoms with Crippen LogP contribution >= 0.6 is 11.6 Å². The van der Waals surface area contributed by atoms with E-state index < -0.39 is 11.7 Å². The SMILES string of the molecule is CCCc1[nH]nc(C(=O)Nc2cc(F)ccc2Cl)c1N. The minimum absolute atomic E-state index is 0.0776. The number of aromatic nitrogens is 2. The van der Waals surface area contributed by atoms with Crippen molar-refractivity contribution >= 4 is 28.9 Å². The summed E-state index contributed by atoms with van der Waals surface area (Å²) in [5.74, 6) is -1.03. The van der Waals surface area contributed by atoms with Crippen LogP contribution in [0.5, 0.6) is 0 Å². The average molecular weight is 297 g/mol. The number of nitrogen functional groups attached to an aromatic ring is 1. The predicted molar refractivity (Wildman–Crippen MR) is 76.4 cm³/mol. The fraction of sp³-hybridized carbons (Fsp3) is 0.231. The largest absolute Gasteiger partial charge is 0.395 e. The fourth-order valence-corrected chi connectivity index (χ4v) is 1.94. The standard InChI is InChI=1S/C13H14ClFN4O/c1-2-3-9-11(16)12(19-18-9)13(20)17-10-6-7(15)4-5-8(10)14/h4-6H,2-3,16H2,1H3,(H,17,20)(H,18,19). The van der Waals surface area contributed by atoms with Gasteiger partial charge in [0, 0.05) is 0 Å². The molecule has 0 saturated carbocycles.